The summed E-state index contributed by atoms with van der Waals surface area (Å²) in [4.78, 5) is 25.0. The van der Waals surface area contributed by atoms with Gasteiger partial charge in [-0.15, -0.1) is 0 Å². The number of rotatable bonds is 6. The van der Waals surface area contributed by atoms with E-state index in [9.17, 15) is 35.1 Å². The third-order valence-corrected chi connectivity index (χ3v) is 6.52. The van der Waals surface area contributed by atoms with E-state index in [1.165, 1.54) is 36.4 Å². The lowest BCUT2D eigenvalue weighted by Gasteiger charge is -2.36. The van der Waals surface area contributed by atoms with Gasteiger partial charge in [-0.1, -0.05) is 6.07 Å². The van der Waals surface area contributed by atoms with Crippen LogP contribution in [-0.2, 0) is 14.3 Å². The molecule has 0 radical (unpaired) electrons. The van der Waals surface area contributed by atoms with Crippen molar-refractivity contribution >= 4 is 23.0 Å². The molecule has 1 saturated heterocycles. The number of aliphatic hydroxyl groups is 2. The van der Waals surface area contributed by atoms with Crippen molar-refractivity contribution in [3.05, 3.63) is 88.1 Å². The molecule has 3 aromatic carbocycles. The summed E-state index contributed by atoms with van der Waals surface area (Å²) in [5, 5.41) is 50.7. The third-order valence-electron chi connectivity index (χ3n) is 6.52. The first kappa shape index (κ1) is 27.7. The number of hydrogen-bond acceptors (Lipinski definition) is 11. The number of aliphatic hydroxyl groups excluding tert-OH is 2. The second kappa shape index (κ2) is 11.3. The highest BCUT2D eigenvalue weighted by molar-refractivity contribution is 5.87. The summed E-state index contributed by atoms with van der Waals surface area (Å²) in [6.45, 7) is 1.41. The molecule has 1 fully saturated rings. The van der Waals surface area contributed by atoms with Gasteiger partial charge < -0.3 is 44.2 Å². The normalized spacial score (nSPS) is 20.8. The van der Waals surface area contributed by atoms with Crippen molar-refractivity contribution in [1.29, 1.82) is 0 Å². The predicted molar refractivity (Wildman–Crippen MR) is 145 cm³/mol. The first-order valence-corrected chi connectivity index (χ1v) is 12.5. The fraction of sp³-hybridized carbons (Fsp3) is 0.200. The monoisotopic (exact) mass is 562 g/mol. The Bertz CT molecular complexity index is 1670. The molecule has 0 aliphatic carbocycles. The van der Waals surface area contributed by atoms with Crippen molar-refractivity contribution in [3.8, 4) is 34.3 Å². The summed E-state index contributed by atoms with van der Waals surface area (Å²) in [6.07, 6.45) is -3.18. The minimum absolute atomic E-state index is 0.0103. The summed E-state index contributed by atoms with van der Waals surface area (Å²) in [5.74, 6) is -0.899. The Balaban J connectivity index is 1.28. The standard InChI is InChI=1S/C30H26O11/c1-15-10-16(2-8-20(15)32)3-9-26(35)41-25-14-38-30(29(37)28(25)36)39-19-11-21(33)27-22(34)13-23(40-24(27)12-19)17-4-6-18(31)7-5-17/h2-13,25,28-33,36-37H,14H2,1H3/b9-3+. The number of hydrogen-bond donors (Lipinski definition) is 5. The van der Waals surface area contributed by atoms with Crippen molar-refractivity contribution in [2.45, 2.75) is 31.5 Å². The van der Waals surface area contributed by atoms with Crippen LogP contribution in [0.2, 0.25) is 0 Å². The van der Waals surface area contributed by atoms with E-state index in [0.29, 0.717) is 16.7 Å². The first-order chi connectivity index (χ1) is 19.6. The number of fused-ring (bicyclic) bond motifs is 1. The molecule has 5 rings (SSSR count). The van der Waals surface area contributed by atoms with Crippen molar-refractivity contribution < 1.29 is 49.0 Å². The molecule has 212 valence electrons. The molecular formula is C30H26O11. The zero-order valence-electron chi connectivity index (χ0n) is 21.6. The molecule has 11 heteroatoms. The van der Waals surface area contributed by atoms with Crippen molar-refractivity contribution in [2.24, 2.45) is 0 Å². The van der Waals surface area contributed by atoms with Gasteiger partial charge in [0, 0.05) is 29.8 Å². The lowest BCUT2D eigenvalue weighted by Crippen LogP contribution is -2.56. The number of carbonyl (C=O) groups excluding carboxylic acids is 1. The molecule has 41 heavy (non-hydrogen) atoms. The quantitative estimate of drug-likeness (QED) is 0.172. The highest BCUT2D eigenvalue weighted by Crippen LogP contribution is 2.33. The molecule has 1 aliphatic heterocycles. The van der Waals surface area contributed by atoms with Crippen LogP contribution >= 0.6 is 0 Å². The average molecular weight is 563 g/mol. The Morgan fingerprint density at radius 3 is 2.44 bits per heavy atom. The van der Waals surface area contributed by atoms with Crippen LogP contribution in [0.1, 0.15) is 11.1 Å². The molecule has 4 aromatic rings. The minimum Gasteiger partial charge on any atom is -0.508 e. The van der Waals surface area contributed by atoms with Gasteiger partial charge in [-0.05, 0) is 60.5 Å². The lowest BCUT2D eigenvalue weighted by atomic mass is 10.1. The van der Waals surface area contributed by atoms with Crippen LogP contribution in [0.3, 0.4) is 0 Å². The Morgan fingerprint density at radius 1 is 0.951 bits per heavy atom. The average Bonchev–Trinajstić information content (AvgIpc) is 2.93. The second-order valence-electron chi connectivity index (χ2n) is 9.49. The largest absolute Gasteiger partial charge is 0.508 e. The Labute approximate surface area is 232 Å². The van der Waals surface area contributed by atoms with E-state index in [1.807, 2.05) is 0 Å². The van der Waals surface area contributed by atoms with E-state index in [-0.39, 0.29) is 40.6 Å². The van der Waals surface area contributed by atoms with Crippen molar-refractivity contribution in [2.75, 3.05) is 6.61 Å². The van der Waals surface area contributed by atoms with Crippen LogP contribution in [0.25, 0.3) is 28.4 Å². The maximum atomic E-state index is 12.7. The number of esters is 1. The number of aromatic hydroxyl groups is 3. The van der Waals surface area contributed by atoms with Gasteiger partial charge in [-0.3, -0.25) is 4.79 Å². The van der Waals surface area contributed by atoms with Gasteiger partial charge in [0.25, 0.3) is 0 Å². The van der Waals surface area contributed by atoms with Crippen LogP contribution in [0.5, 0.6) is 23.0 Å². The van der Waals surface area contributed by atoms with Gasteiger partial charge in [0.2, 0.25) is 6.29 Å². The molecule has 5 N–H and O–H groups in total. The summed E-state index contributed by atoms with van der Waals surface area (Å²) in [7, 11) is 0. The van der Waals surface area contributed by atoms with Crippen LogP contribution in [0, 0.1) is 6.92 Å². The summed E-state index contributed by atoms with van der Waals surface area (Å²) in [5.41, 5.74) is 1.27. The van der Waals surface area contributed by atoms with Crippen LogP contribution in [0.4, 0.5) is 0 Å². The Hall–Kier alpha value is -4.84. The van der Waals surface area contributed by atoms with E-state index in [0.717, 1.165) is 12.1 Å². The van der Waals surface area contributed by atoms with Gasteiger partial charge in [0.15, 0.2) is 11.5 Å². The van der Waals surface area contributed by atoms with Gasteiger partial charge >= 0.3 is 5.97 Å². The van der Waals surface area contributed by atoms with Crippen LogP contribution < -0.4 is 10.2 Å². The first-order valence-electron chi connectivity index (χ1n) is 12.5. The van der Waals surface area contributed by atoms with Gasteiger partial charge in [-0.25, -0.2) is 4.79 Å². The second-order valence-corrected chi connectivity index (χ2v) is 9.49. The summed E-state index contributed by atoms with van der Waals surface area (Å²) < 4.78 is 22.2. The summed E-state index contributed by atoms with van der Waals surface area (Å²) >= 11 is 0. The predicted octanol–water partition coefficient (Wildman–Crippen LogP) is 2.97. The SMILES string of the molecule is Cc1cc(/C=C/C(=O)OC2COC(Oc3cc(O)c4c(=O)cc(-c5ccc(O)cc5)oc4c3)C(O)C2O)ccc1O. The number of aryl methyl sites for hydroxylation is 1. The molecule has 4 unspecified atom stereocenters. The van der Waals surface area contributed by atoms with E-state index in [2.05, 4.69) is 0 Å². The van der Waals surface area contributed by atoms with E-state index in [1.54, 1.807) is 31.2 Å². The zero-order valence-corrected chi connectivity index (χ0v) is 21.6. The molecule has 2 heterocycles. The number of phenolic OH excluding ortho intramolecular Hbond substituents is 3. The van der Waals surface area contributed by atoms with Gasteiger partial charge in [0.1, 0.15) is 51.9 Å². The number of phenols is 3. The summed E-state index contributed by atoms with van der Waals surface area (Å²) in [6, 6.07) is 14.4. The van der Waals surface area contributed by atoms with Gasteiger partial charge in [0.05, 0.1) is 6.61 Å². The molecule has 11 nitrogen and oxygen atoms in total. The topological polar surface area (TPSA) is 176 Å². The number of ether oxygens (including phenoxy) is 3. The maximum Gasteiger partial charge on any atom is 0.331 e. The molecule has 1 aliphatic rings. The fourth-order valence-corrected chi connectivity index (χ4v) is 4.32. The molecule has 1 aromatic heterocycles. The van der Waals surface area contributed by atoms with E-state index >= 15 is 0 Å². The smallest absolute Gasteiger partial charge is 0.331 e. The van der Waals surface area contributed by atoms with Crippen LogP contribution in [0.15, 0.2) is 76.0 Å². The molecule has 4 atom stereocenters. The maximum absolute atomic E-state index is 12.7. The fourth-order valence-electron chi connectivity index (χ4n) is 4.32. The highest BCUT2D eigenvalue weighted by atomic mass is 16.7. The lowest BCUT2D eigenvalue weighted by molar-refractivity contribution is -0.247. The number of carbonyl (C=O) groups is 1. The third kappa shape index (κ3) is 6.02. The Kier molecular flexibility index (Phi) is 7.66. The minimum atomic E-state index is -1.64. The van der Waals surface area contributed by atoms with Crippen molar-refractivity contribution in [1.82, 2.24) is 0 Å². The molecular weight excluding hydrogens is 536 g/mol. The molecule has 0 spiro atoms. The van der Waals surface area contributed by atoms with Crippen molar-refractivity contribution in [3.63, 3.8) is 0 Å². The van der Waals surface area contributed by atoms with E-state index < -0.39 is 41.7 Å². The Morgan fingerprint density at radius 2 is 1.71 bits per heavy atom. The zero-order chi connectivity index (χ0) is 29.3. The molecule has 0 amide bonds. The van der Waals surface area contributed by atoms with Crippen LogP contribution in [-0.4, -0.2) is 62.7 Å². The van der Waals surface area contributed by atoms with E-state index in [4.69, 9.17) is 18.6 Å². The highest BCUT2D eigenvalue weighted by Gasteiger charge is 2.42. The molecule has 0 bridgehead atoms. The number of benzene rings is 3. The van der Waals surface area contributed by atoms with Gasteiger partial charge in [-0.2, -0.15) is 0 Å². The molecule has 0 saturated carbocycles.